The average molecular weight is 357 g/mol. The molecule has 1 aromatic heterocycles. The molecule has 1 unspecified atom stereocenters. The second-order valence-corrected chi connectivity index (χ2v) is 7.39. The molecule has 6 heteroatoms. The summed E-state index contributed by atoms with van der Waals surface area (Å²) in [6.45, 7) is 3.99. The van der Waals surface area contributed by atoms with Gasteiger partial charge in [-0.2, -0.15) is 0 Å². The number of hydrogen-bond acceptors (Lipinski definition) is 4. The van der Waals surface area contributed by atoms with Crippen LogP contribution in [0.4, 0.5) is 5.69 Å². The highest BCUT2D eigenvalue weighted by Crippen LogP contribution is 2.32. The highest BCUT2D eigenvalue weighted by atomic mass is 32.2. The van der Waals surface area contributed by atoms with Gasteiger partial charge in [-0.25, -0.2) is 4.98 Å². The fraction of sp³-hybridized carbons (Fsp3) is 0.421. The summed E-state index contributed by atoms with van der Waals surface area (Å²) in [7, 11) is 0. The Bertz CT molecular complexity index is 814. The number of carbonyl (C=O) groups is 1. The molecule has 2 aromatic rings. The molecule has 25 heavy (non-hydrogen) atoms. The molecule has 0 saturated carbocycles. The van der Waals surface area contributed by atoms with Crippen LogP contribution in [-0.4, -0.2) is 21.2 Å². The van der Waals surface area contributed by atoms with Gasteiger partial charge in [0.15, 0.2) is 5.16 Å². The van der Waals surface area contributed by atoms with Crippen LogP contribution in [0.3, 0.4) is 0 Å². The third kappa shape index (κ3) is 4.31. The zero-order valence-corrected chi connectivity index (χ0v) is 15.4. The Kier molecular flexibility index (Phi) is 5.58. The SMILES string of the molecule is CCCCc1ccc(NC(=O)CC2CSc3nc(C)cc(=O)n32)cc1. The summed E-state index contributed by atoms with van der Waals surface area (Å²) < 4.78 is 1.64. The van der Waals surface area contributed by atoms with E-state index in [1.165, 1.54) is 36.2 Å². The first-order valence-corrected chi connectivity index (χ1v) is 9.67. The molecule has 2 heterocycles. The number of rotatable bonds is 6. The van der Waals surface area contributed by atoms with Gasteiger partial charge >= 0.3 is 0 Å². The summed E-state index contributed by atoms with van der Waals surface area (Å²) >= 11 is 1.53. The van der Waals surface area contributed by atoms with Crippen molar-refractivity contribution in [2.45, 2.75) is 50.7 Å². The van der Waals surface area contributed by atoms with Crippen molar-refractivity contribution in [3.8, 4) is 0 Å². The molecule has 0 fully saturated rings. The molecule has 1 aliphatic heterocycles. The number of benzene rings is 1. The number of carbonyl (C=O) groups excluding carboxylic acids is 1. The summed E-state index contributed by atoms with van der Waals surface area (Å²) in [6.07, 6.45) is 3.69. The zero-order valence-electron chi connectivity index (χ0n) is 14.6. The van der Waals surface area contributed by atoms with Crippen LogP contribution < -0.4 is 10.9 Å². The molecule has 0 radical (unpaired) electrons. The van der Waals surface area contributed by atoms with Crippen LogP contribution in [0, 0.1) is 6.92 Å². The Morgan fingerprint density at radius 2 is 2.12 bits per heavy atom. The highest BCUT2D eigenvalue weighted by molar-refractivity contribution is 7.99. The number of anilines is 1. The quantitative estimate of drug-likeness (QED) is 0.803. The molecule has 1 amide bonds. The number of unbranched alkanes of at least 4 members (excludes halogenated alkanes) is 1. The number of aromatic nitrogens is 2. The van der Waals surface area contributed by atoms with Crippen LogP contribution in [-0.2, 0) is 11.2 Å². The Morgan fingerprint density at radius 1 is 1.36 bits per heavy atom. The third-order valence-corrected chi connectivity index (χ3v) is 5.39. The van der Waals surface area contributed by atoms with Crippen LogP contribution in [0.1, 0.15) is 43.5 Å². The van der Waals surface area contributed by atoms with Gasteiger partial charge in [-0.05, 0) is 37.5 Å². The first-order chi connectivity index (χ1) is 12.1. The lowest BCUT2D eigenvalue weighted by Crippen LogP contribution is -2.27. The van der Waals surface area contributed by atoms with E-state index in [0.29, 0.717) is 10.9 Å². The molecule has 1 aliphatic rings. The van der Waals surface area contributed by atoms with E-state index in [0.717, 1.165) is 17.8 Å². The van der Waals surface area contributed by atoms with Gasteiger partial charge in [0.05, 0.1) is 6.04 Å². The number of nitrogens with one attached hydrogen (secondary N) is 1. The predicted octanol–water partition coefficient (Wildman–Crippen LogP) is 3.57. The van der Waals surface area contributed by atoms with Gasteiger partial charge in [0.2, 0.25) is 5.91 Å². The Balaban J connectivity index is 1.62. The van der Waals surface area contributed by atoms with E-state index in [-0.39, 0.29) is 23.9 Å². The van der Waals surface area contributed by atoms with Gasteiger partial charge in [-0.1, -0.05) is 37.2 Å². The van der Waals surface area contributed by atoms with Crippen molar-refractivity contribution < 1.29 is 4.79 Å². The monoisotopic (exact) mass is 357 g/mol. The third-order valence-electron chi connectivity index (χ3n) is 4.30. The predicted molar refractivity (Wildman–Crippen MR) is 101 cm³/mol. The molecular formula is C19H23N3O2S. The van der Waals surface area contributed by atoms with Crippen molar-refractivity contribution >= 4 is 23.4 Å². The number of nitrogens with zero attached hydrogens (tertiary/aromatic N) is 2. The minimum Gasteiger partial charge on any atom is -0.326 e. The molecular weight excluding hydrogens is 334 g/mol. The minimum absolute atomic E-state index is 0.0766. The zero-order chi connectivity index (χ0) is 17.8. The van der Waals surface area contributed by atoms with Gasteiger partial charge in [0, 0.05) is 29.6 Å². The Morgan fingerprint density at radius 3 is 2.84 bits per heavy atom. The summed E-state index contributed by atoms with van der Waals surface area (Å²) in [6, 6.07) is 9.39. The van der Waals surface area contributed by atoms with Gasteiger partial charge in [-0.15, -0.1) is 0 Å². The Labute approximate surface area is 151 Å². The van der Waals surface area contributed by atoms with E-state index in [4.69, 9.17) is 0 Å². The number of thioether (sulfide) groups is 1. The molecule has 1 aromatic carbocycles. The molecule has 3 rings (SSSR count). The molecule has 1 N–H and O–H groups in total. The normalized spacial score (nSPS) is 15.8. The van der Waals surface area contributed by atoms with Crippen LogP contribution in [0.5, 0.6) is 0 Å². The van der Waals surface area contributed by atoms with Crippen LogP contribution in [0.15, 0.2) is 40.3 Å². The second-order valence-electron chi connectivity index (χ2n) is 6.41. The van der Waals surface area contributed by atoms with Crippen molar-refractivity contribution in [2.24, 2.45) is 0 Å². The fourth-order valence-electron chi connectivity index (χ4n) is 2.97. The van der Waals surface area contributed by atoms with Crippen molar-refractivity contribution in [3.05, 3.63) is 51.9 Å². The van der Waals surface area contributed by atoms with Crippen molar-refractivity contribution in [1.29, 1.82) is 0 Å². The summed E-state index contributed by atoms with van der Waals surface area (Å²) in [5.41, 5.74) is 2.72. The van der Waals surface area contributed by atoms with Gasteiger partial charge < -0.3 is 5.32 Å². The molecule has 5 nitrogen and oxygen atoms in total. The summed E-state index contributed by atoms with van der Waals surface area (Å²) in [5.74, 6) is 0.627. The number of hydrogen-bond donors (Lipinski definition) is 1. The number of fused-ring (bicyclic) bond motifs is 1. The topological polar surface area (TPSA) is 64.0 Å². The maximum Gasteiger partial charge on any atom is 0.254 e. The van der Waals surface area contributed by atoms with E-state index < -0.39 is 0 Å². The highest BCUT2D eigenvalue weighted by Gasteiger charge is 2.27. The van der Waals surface area contributed by atoms with Crippen LogP contribution in [0.25, 0.3) is 0 Å². The lowest BCUT2D eigenvalue weighted by Gasteiger charge is -2.13. The van der Waals surface area contributed by atoms with E-state index in [1.807, 2.05) is 19.1 Å². The molecule has 0 spiro atoms. The first kappa shape index (κ1) is 17.7. The minimum atomic E-state index is -0.135. The van der Waals surface area contributed by atoms with E-state index in [9.17, 15) is 9.59 Å². The van der Waals surface area contributed by atoms with Crippen molar-refractivity contribution in [1.82, 2.24) is 9.55 Å². The molecule has 0 saturated heterocycles. The van der Waals surface area contributed by atoms with Crippen LogP contribution in [0.2, 0.25) is 0 Å². The second kappa shape index (κ2) is 7.87. The first-order valence-electron chi connectivity index (χ1n) is 8.68. The van der Waals surface area contributed by atoms with Crippen LogP contribution >= 0.6 is 11.8 Å². The van der Waals surface area contributed by atoms with Gasteiger partial charge in [-0.3, -0.25) is 14.2 Å². The van der Waals surface area contributed by atoms with Crippen molar-refractivity contribution in [3.63, 3.8) is 0 Å². The maximum absolute atomic E-state index is 12.4. The smallest absolute Gasteiger partial charge is 0.254 e. The van der Waals surface area contributed by atoms with Gasteiger partial charge in [0.25, 0.3) is 5.56 Å². The summed E-state index contributed by atoms with van der Waals surface area (Å²) in [4.78, 5) is 28.9. The Hall–Kier alpha value is -2.08. The molecule has 132 valence electrons. The number of aryl methyl sites for hydroxylation is 2. The molecule has 0 bridgehead atoms. The largest absolute Gasteiger partial charge is 0.326 e. The lowest BCUT2D eigenvalue weighted by atomic mass is 10.1. The van der Waals surface area contributed by atoms with Gasteiger partial charge in [0.1, 0.15) is 0 Å². The standard InChI is InChI=1S/C19H23N3O2S/c1-3-4-5-14-6-8-15(9-7-14)21-17(23)11-16-12-25-19-20-13(2)10-18(24)22(16)19/h6-10,16H,3-5,11-12H2,1-2H3,(H,21,23). The summed E-state index contributed by atoms with van der Waals surface area (Å²) in [5, 5.41) is 3.64. The van der Waals surface area contributed by atoms with Crippen molar-refractivity contribution in [2.75, 3.05) is 11.1 Å². The lowest BCUT2D eigenvalue weighted by molar-refractivity contribution is -0.116. The van der Waals surface area contributed by atoms with E-state index in [2.05, 4.69) is 29.4 Å². The average Bonchev–Trinajstić information content (AvgIpc) is 2.97. The maximum atomic E-state index is 12.4. The molecule has 0 aliphatic carbocycles. The van der Waals surface area contributed by atoms with E-state index in [1.54, 1.807) is 4.57 Å². The fourth-order valence-corrected chi connectivity index (χ4v) is 4.17. The molecule has 1 atom stereocenters. The van der Waals surface area contributed by atoms with E-state index >= 15 is 0 Å². The number of amides is 1.